The maximum atomic E-state index is 12.5. The molecule has 0 aromatic heterocycles. The van der Waals surface area contributed by atoms with Crippen LogP contribution in [0, 0.1) is 0 Å². The summed E-state index contributed by atoms with van der Waals surface area (Å²) in [7, 11) is 0. The molecule has 0 saturated carbocycles. The summed E-state index contributed by atoms with van der Waals surface area (Å²) >= 11 is 0. The molecule has 178 valence electrons. The second-order valence-electron chi connectivity index (χ2n) is 6.96. The molecule has 1 amide bonds. The molecule has 1 unspecified atom stereocenters. The van der Waals surface area contributed by atoms with Crippen molar-refractivity contribution in [2.75, 3.05) is 26.3 Å². The van der Waals surface area contributed by atoms with E-state index in [-0.39, 0.29) is 45.0 Å². The Balaban J connectivity index is 2.24. The number of ketones is 1. The lowest BCUT2D eigenvalue weighted by atomic mass is 10.1. The SMILES string of the molecule is CCOC(=O)CCNC(C(=O)CCCCCNC(=O)OCc1ccccc1)C(=O)OCC. The molecule has 1 aromatic carbocycles. The van der Waals surface area contributed by atoms with Crippen LogP contribution in [0.5, 0.6) is 0 Å². The maximum Gasteiger partial charge on any atom is 0.407 e. The van der Waals surface area contributed by atoms with Crippen LogP contribution in [0.2, 0.25) is 0 Å². The van der Waals surface area contributed by atoms with Crippen molar-refractivity contribution in [2.24, 2.45) is 0 Å². The smallest absolute Gasteiger partial charge is 0.407 e. The first kappa shape index (κ1) is 27.1. The number of alkyl carbamates (subject to hydrolysis) is 1. The molecule has 0 heterocycles. The van der Waals surface area contributed by atoms with Gasteiger partial charge in [0.25, 0.3) is 0 Å². The molecule has 0 aliphatic rings. The Kier molecular flexibility index (Phi) is 14.2. The Labute approximate surface area is 189 Å². The van der Waals surface area contributed by atoms with Gasteiger partial charge in [-0.1, -0.05) is 36.8 Å². The number of benzene rings is 1. The number of ether oxygens (including phenoxy) is 3. The second kappa shape index (κ2) is 16.7. The Bertz CT molecular complexity index is 710. The molecule has 0 spiro atoms. The summed E-state index contributed by atoms with van der Waals surface area (Å²) in [4.78, 5) is 47.6. The van der Waals surface area contributed by atoms with Gasteiger partial charge >= 0.3 is 18.0 Å². The van der Waals surface area contributed by atoms with Gasteiger partial charge in [-0.05, 0) is 32.3 Å². The molecule has 0 aliphatic heterocycles. The number of hydrogen-bond acceptors (Lipinski definition) is 8. The Morgan fingerprint density at radius 1 is 0.844 bits per heavy atom. The number of unbranched alkanes of at least 4 members (excludes halogenated alkanes) is 2. The monoisotopic (exact) mass is 450 g/mol. The Morgan fingerprint density at radius 2 is 1.56 bits per heavy atom. The van der Waals surface area contributed by atoms with Gasteiger partial charge in [0.15, 0.2) is 11.8 Å². The third-order valence-electron chi connectivity index (χ3n) is 4.41. The predicted molar refractivity (Wildman–Crippen MR) is 118 cm³/mol. The van der Waals surface area contributed by atoms with Gasteiger partial charge in [-0.3, -0.25) is 14.9 Å². The third kappa shape index (κ3) is 12.0. The number of hydrogen-bond donors (Lipinski definition) is 2. The highest BCUT2D eigenvalue weighted by Gasteiger charge is 2.26. The highest BCUT2D eigenvalue weighted by Crippen LogP contribution is 2.05. The van der Waals surface area contributed by atoms with Gasteiger partial charge in [0.05, 0.1) is 19.6 Å². The molecule has 0 fully saturated rings. The molecule has 0 aliphatic carbocycles. The van der Waals surface area contributed by atoms with Gasteiger partial charge in [0, 0.05) is 19.5 Å². The van der Waals surface area contributed by atoms with E-state index in [2.05, 4.69) is 10.6 Å². The molecule has 9 nitrogen and oxygen atoms in total. The van der Waals surface area contributed by atoms with E-state index in [1.54, 1.807) is 13.8 Å². The van der Waals surface area contributed by atoms with Crippen LogP contribution in [-0.4, -0.2) is 56.2 Å². The van der Waals surface area contributed by atoms with Crippen molar-refractivity contribution in [3.8, 4) is 0 Å². The van der Waals surface area contributed by atoms with E-state index in [0.717, 1.165) is 5.56 Å². The lowest BCUT2D eigenvalue weighted by Crippen LogP contribution is -2.45. The van der Waals surface area contributed by atoms with E-state index in [1.165, 1.54) is 0 Å². The van der Waals surface area contributed by atoms with Crippen molar-refractivity contribution in [1.29, 1.82) is 0 Å². The molecule has 1 rings (SSSR count). The largest absolute Gasteiger partial charge is 0.466 e. The summed E-state index contributed by atoms with van der Waals surface area (Å²) in [6.45, 7) is 4.59. The number of carbonyl (C=O) groups is 4. The topological polar surface area (TPSA) is 120 Å². The predicted octanol–water partition coefficient (Wildman–Crippen LogP) is 2.52. The first-order valence-electron chi connectivity index (χ1n) is 11.0. The number of nitrogens with one attached hydrogen (secondary N) is 2. The minimum absolute atomic E-state index is 0.0586. The van der Waals surface area contributed by atoms with Crippen LogP contribution in [0.1, 0.15) is 51.5 Å². The summed E-state index contributed by atoms with van der Waals surface area (Å²) in [5.41, 5.74) is 0.910. The molecule has 2 N–H and O–H groups in total. The van der Waals surface area contributed by atoms with Gasteiger partial charge < -0.3 is 19.5 Å². The fourth-order valence-electron chi connectivity index (χ4n) is 2.82. The highest BCUT2D eigenvalue weighted by molar-refractivity contribution is 6.03. The maximum absolute atomic E-state index is 12.5. The van der Waals surface area contributed by atoms with Gasteiger partial charge in [0.2, 0.25) is 0 Å². The average Bonchev–Trinajstić information content (AvgIpc) is 2.78. The van der Waals surface area contributed by atoms with Gasteiger partial charge in [0.1, 0.15) is 6.61 Å². The second-order valence-corrected chi connectivity index (χ2v) is 6.96. The molecule has 1 aromatic rings. The molecule has 1 atom stereocenters. The Morgan fingerprint density at radius 3 is 2.25 bits per heavy atom. The summed E-state index contributed by atoms with van der Waals surface area (Å²) in [5, 5.41) is 5.46. The highest BCUT2D eigenvalue weighted by atomic mass is 16.5. The standard InChI is InChI=1S/C23H34N2O7/c1-3-30-20(27)14-16-24-21(22(28)31-4-2)19(26)13-9-6-10-15-25-23(29)32-17-18-11-7-5-8-12-18/h5,7-8,11-12,21,24H,3-4,6,9-10,13-17H2,1-2H3,(H,25,29). The zero-order chi connectivity index (χ0) is 23.6. The van der Waals surface area contributed by atoms with Crippen LogP contribution in [0.15, 0.2) is 30.3 Å². The summed E-state index contributed by atoms with van der Waals surface area (Å²) in [5.74, 6) is -1.34. The first-order valence-corrected chi connectivity index (χ1v) is 11.0. The molecule has 0 saturated heterocycles. The van der Waals surface area contributed by atoms with Crippen LogP contribution < -0.4 is 10.6 Å². The van der Waals surface area contributed by atoms with Crippen molar-refractivity contribution < 1.29 is 33.4 Å². The molecule has 0 radical (unpaired) electrons. The molecular weight excluding hydrogens is 416 g/mol. The quantitative estimate of drug-likeness (QED) is 0.171. The fraction of sp³-hybridized carbons (Fsp3) is 0.565. The minimum Gasteiger partial charge on any atom is -0.466 e. The van der Waals surface area contributed by atoms with E-state index in [0.29, 0.717) is 25.8 Å². The molecule has 32 heavy (non-hydrogen) atoms. The molecular formula is C23H34N2O7. The van der Waals surface area contributed by atoms with Crippen LogP contribution in [-0.2, 0) is 35.2 Å². The van der Waals surface area contributed by atoms with E-state index in [4.69, 9.17) is 14.2 Å². The van der Waals surface area contributed by atoms with Crippen LogP contribution >= 0.6 is 0 Å². The van der Waals surface area contributed by atoms with Gasteiger partial charge in [-0.2, -0.15) is 0 Å². The zero-order valence-corrected chi connectivity index (χ0v) is 18.9. The fourth-order valence-corrected chi connectivity index (χ4v) is 2.82. The van der Waals surface area contributed by atoms with Crippen molar-refractivity contribution >= 4 is 23.8 Å². The number of amides is 1. The lowest BCUT2D eigenvalue weighted by Gasteiger charge is -2.16. The Hall–Kier alpha value is -2.94. The van der Waals surface area contributed by atoms with Crippen LogP contribution in [0.3, 0.4) is 0 Å². The summed E-state index contributed by atoms with van der Waals surface area (Å²) in [6.07, 6.45) is 1.70. The lowest BCUT2D eigenvalue weighted by molar-refractivity contribution is -0.149. The summed E-state index contributed by atoms with van der Waals surface area (Å²) < 4.78 is 14.9. The number of esters is 2. The van der Waals surface area contributed by atoms with E-state index < -0.39 is 24.1 Å². The normalized spacial score (nSPS) is 11.3. The average molecular weight is 451 g/mol. The van der Waals surface area contributed by atoms with E-state index in [9.17, 15) is 19.2 Å². The third-order valence-corrected chi connectivity index (χ3v) is 4.41. The van der Waals surface area contributed by atoms with Crippen LogP contribution in [0.4, 0.5) is 4.79 Å². The van der Waals surface area contributed by atoms with Gasteiger partial charge in [-0.25, -0.2) is 9.59 Å². The first-order chi connectivity index (χ1) is 15.5. The van der Waals surface area contributed by atoms with Crippen molar-refractivity contribution in [2.45, 2.75) is 58.6 Å². The number of Topliss-reactive ketones (excluding diaryl/α,β-unsaturated/α-hetero) is 1. The van der Waals surface area contributed by atoms with Crippen LogP contribution in [0.25, 0.3) is 0 Å². The number of carbonyl (C=O) groups excluding carboxylic acids is 4. The summed E-state index contributed by atoms with van der Waals surface area (Å²) in [6, 6.07) is 8.29. The van der Waals surface area contributed by atoms with Crippen molar-refractivity contribution in [3.63, 3.8) is 0 Å². The van der Waals surface area contributed by atoms with Gasteiger partial charge in [-0.15, -0.1) is 0 Å². The number of rotatable bonds is 16. The van der Waals surface area contributed by atoms with Crippen molar-refractivity contribution in [3.05, 3.63) is 35.9 Å². The van der Waals surface area contributed by atoms with E-state index >= 15 is 0 Å². The van der Waals surface area contributed by atoms with E-state index in [1.807, 2.05) is 30.3 Å². The minimum atomic E-state index is -1.10. The van der Waals surface area contributed by atoms with Crippen molar-refractivity contribution in [1.82, 2.24) is 10.6 Å². The zero-order valence-electron chi connectivity index (χ0n) is 18.9. The molecule has 0 bridgehead atoms. The molecule has 9 heteroatoms.